The normalized spacial score (nSPS) is 11.0. The van der Waals surface area contributed by atoms with Gasteiger partial charge in [-0.05, 0) is 30.6 Å². The van der Waals surface area contributed by atoms with E-state index >= 15 is 0 Å². The van der Waals surface area contributed by atoms with Crippen LogP contribution in [-0.4, -0.2) is 45.5 Å². The van der Waals surface area contributed by atoms with Gasteiger partial charge in [-0.1, -0.05) is 11.8 Å². The first-order valence-corrected chi connectivity index (χ1v) is 8.91. The van der Waals surface area contributed by atoms with E-state index in [1.807, 2.05) is 18.2 Å². The molecule has 1 N–H and O–H groups in total. The standard InChI is InChI=1S/C14H18N2O3S2/c1-19-10-4-5-11-12(8-10)16(6-3-7-20-2)14(15-11)21-9-13(17)18/h4-5,8H,3,6-7,9H2,1-2H3,(H,17,18). The van der Waals surface area contributed by atoms with Crippen molar-refractivity contribution in [3.63, 3.8) is 0 Å². The Labute approximate surface area is 132 Å². The van der Waals surface area contributed by atoms with Crippen LogP contribution in [0.15, 0.2) is 23.4 Å². The number of hydrogen-bond acceptors (Lipinski definition) is 5. The van der Waals surface area contributed by atoms with Gasteiger partial charge in [-0.2, -0.15) is 11.8 Å². The molecule has 0 atom stereocenters. The van der Waals surface area contributed by atoms with E-state index < -0.39 is 5.97 Å². The number of aromatic nitrogens is 2. The number of aliphatic carboxylic acids is 1. The molecule has 0 saturated heterocycles. The molecule has 5 nitrogen and oxygen atoms in total. The number of aryl methyl sites for hydroxylation is 1. The Morgan fingerprint density at radius 3 is 2.95 bits per heavy atom. The molecular weight excluding hydrogens is 308 g/mol. The van der Waals surface area contributed by atoms with Gasteiger partial charge in [-0.15, -0.1) is 0 Å². The number of carboxylic acid groups (broad SMARTS) is 1. The second kappa shape index (κ2) is 7.61. The van der Waals surface area contributed by atoms with Crippen molar-refractivity contribution in [3.8, 4) is 5.75 Å². The van der Waals surface area contributed by atoms with Gasteiger partial charge in [-0.25, -0.2) is 4.98 Å². The van der Waals surface area contributed by atoms with Gasteiger partial charge in [0.1, 0.15) is 5.75 Å². The number of carbonyl (C=O) groups is 1. The SMILES string of the molecule is COc1ccc2nc(SCC(=O)O)n(CCCSC)c2c1. The van der Waals surface area contributed by atoms with Crippen LogP contribution in [0, 0.1) is 0 Å². The third-order valence-corrected chi connectivity index (χ3v) is 4.63. The fourth-order valence-corrected chi connectivity index (χ4v) is 3.21. The summed E-state index contributed by atoms with van der Waals surface area (Å²) >= 11 is 3.06. The number of nitrogens with zero attached hydrogens (tertiary/aromatic N) is 2. The molecule has 0 spiro atoms. The molecule has 0 bridgehead atoms. The Bertz CT molecular complexity index is 628. The molecule has 2 aromatic rings. The Balaban J connectivity index is 2.34. The largest absolute Gasteiger partial charge is 0.497 e. The molecule has 1 aromatic carbocycles. The summed E-state index contributed by atoms with van der Waals surface area (Å²) in [5.41, 5.74) is 1.86. The molecule has 0 saturated carbocycles. The summed E-state index contributed by atoms with van der Waals surface area (Å²) in [7, 11) is 1.63. The summed E-state index contributed by atoms with van der Waals surface area (Å²) in [5.74, 6) is 1.03. The number of rotatable bonds is 8. The summed E-state index contributed by atoms with van der Waals surface area (Å²) < 4.78 is 7.35. The number of fused-ring (bicyclic) bond motifs is 1. The van der Waals surface area contributed by atoms with E-state index in [9.17, 15) is 4.79 Å². The number of thioether (sulfide) groups is 2. The van der Waals surface area contributed by atoms with Crippen molar-refractivity contribution in [3.05, 3.63) is 18.2 Å². The Kier molecular flexibility index (Phi) is 5.81. The number of methoxy groups -OCH3 is 1. The lowest BCUT2D eigenvalue weighted by Gasteiger charge is -2.08. The highest BCUT2D eigenvalue weighted by atomic mass is 32.2. The molecule has 21 heavy (non-hydrogen) atoms. The maximum absolute atomic E-state index is 10.8. The average Bonchev–Trinajstić information content (AvgIpc) is 2.82. The zero-order chi connectivity index (χ0) is 15.2. The number of hydrogen-bond donors (Lipinski definition) is 1. The zero-order valence-corrected chi connectivity index (χ0v) is 13.7. The van der Waals surface area contributed by atoms with Crippen LogP contribution < -0.4 is 4.74 Å². The van der Waals surface area contributed by atoms with Crippen LogP contribution in [0.25, 0.3) is 11.0 Å². The third kappa shape index (κ3) is 4.07. The molecule has 114 valence electrons. The Hall–Kier alpha value is -1.34. The lowest BCUT2D eigenvalue weighted by atomic mass is 10.3. The van der Waals surface area contributed by atoms with Crippen molar-refractivity contribution in [1.82, 2.24) is 9.55 Å². The fraction of sp³-hybridized carbons (Fsp3) is 0.429. The van der Waals surface area contributed by atoms with E-state index in [2.05, 4.69) is 15.8 Å². The topological polar surface area (TPSA) is 64.3 Å². The second-order valence-corrected chi connectivity index (χ2v) is 6.36. The van der Waals surface area contributed by atoms with Crippen molar-refractivity contribution >= 4 is 40.5 Å². The molecule has 1 heterocycles. The van der Waals surface area contributed by atoms with E-state index in [4.69, 9.17) is 9.84 Å². The van der Waals surface area contributed by atoms with Gasteiger partial charge in [0, 0.05) is 12.6 Å². The lowest BCUT2D eigenvalue weighted by molar-refractivity contribution is -0.133. The van der Waals surface area contributed by atoms with Crippen LogP contribution in [0.4, 0.5) is 0 Å². The average molecular weight is 326 g/mol. The zero-order valence-electron chi connectivity index (χ0n) is 12.0. The molecule has 2 rings (SSSR count). The van der Waals surface area contributed by atoms with E-state index in [-0.39, 0.29) is 5.75 Å². The Morgan fingerprint density at radius 1 is 1.48 bits per heavy atom. The molecular formula is C14H18N2O3S2. The highest BCUT2D eigenvalue weighted by Crippen LogP contribution is 2.27. The fourth-order valence-electron chi connectivity index (χ4n) is 2.03. The first kappa shape index (κ1) is 16.0. The smallest absolute Gasteiger partial charge is 0.313 e. The molecule has 7 heteroatoms. The number of imidazole rings is 1. The van der Waals surface area contributed by atoms with Gasteiger partial charge < -0.3 is 14.4 Å². The van der Waals surface area contributed by atoms with Crippen molar-refractivity contribution in [2.45, 2.75) is 18.1 Å². The molecule has 0 aliphatic rings. The van der Waals surface area contributed by atoms with Gasteiger partial charge in [0.05, 0.1) is 23.9 Å². The van der Waals surface area contributed by atoms with E-state index in [0.29, 0.717) is 0 Å². The first-order chi connectivity index (χ1) is 10.2. The number of carboxylic acids is 1. The van der Waals surface area contributed by atoms with Gasteiger partial charge in [0.25, 0.3) is 0 Å². The van der Waals surface area contributed by atoms with Crippen LogP contribution in [0.5, 0.6) is 5.75 Å². The summed E-state index contributed by atoms with van der Waals surface area (Å²) in [6, 6.07) is 5.73. The van der Waals surface area contributed by atoms with Gasteiger partial charge in [-0.3, -0.25) is 4.79 Å². The van der Waals surface area contributed by atoms with Crippen molar-refractivity contribution in [2.24, 2.45) is 0 Å². The molecule has 0 unspecified atom stereocenters. The second-order valence-electron chi connectivity index (χ2n) is 4.43. The first-order valence-electron chi connectivity index (χ1n) is 6.53. The summed E-state index contributed by atoms with van der Waals surface area (Å²) in [4.78, 5) is 15.3. The molecule has 0 aliphatic carbocycles. The molecule has 0 fully saturated rings. The third-order valence-electron chi connectivity index (χ3n) is 2.98. The number of benzene rings is 1. The molecule has 0 amide bonds. The predicted octanol–water partition coefficient (Wildman–Crippen LogP) is 2.97. The summed E-state index contributed by atoms with van der Waals surface area (Å²) in [6.07, 6.45) is 3.10. The predicted molar refractivity (Wildman–Crippen MR) is 87.6 cm³/mol. The van der Waals surface area contributed by atoms with Crippen molar-refractivity contribution < 1.29 is 14.6 Å². The molecule has 0 aliphatic heterocycles. The van der Waals surface area contributed by atoms with Crippen LogP contribution in [0.3, 0.4) is 0 Å². The lowest BCUT2D eigenvalue weighted by Crippen LogP contribution is -2.04. The van der Waals surface area contributed by atoms with Crippen LogP contribution in [-0.2, 0) is 11.3 Å². The maximum Gasteiger partial charge on any atom is 0.313 e. The summed E-state index contributed by atoms with van der Waals surface area (Å²) in [5, 5.41) is 9.61. The molecule has 1 aromatic heterocycles. The van der Waals surface area contributed by atoms with Gasteiger partial charge in [0.2, 0.25) is 0 Å². The van der Waals surface area contributed by atoms with Gasteiger partial charge in [0.15, 0.2) is 5.16 Å². The minimum atomic E-state index is -0.833. The van der Waals surface area contributed by atoms with Crippen molar-refractivity contribution in [2.75, 3.05) is 24.9 Å². The van der Waals surface area contributed by atoms with E-state index in [1.165, 1.54) is 11.8 Å². The monoisotopic (exact) mass is 326 g/mol. The molecule has 0 radical (unpaired) electrons. The van der Waals surface area contributed by atoms with Crippen LogP contribution in [0.1, 0.15) is 6.42 Å². The highest BCUT2D eigenvalue weighted by molar-refractivity contribution is 7.99. The minimum Gasteiger partial charge on any atom is -0.497 e. The minimum absolute atomic E-state index is 0.0168. The quantitative estimate of drug-likeness (QED) is 0.594. The van der Waals surface area contributed by atoms with Crippen LogP contribution >= 0.6 is 23.5 Å². The number of ether oxygens (including phenoxy) is 1. The van der Waals surface area contributed by atoms with E-state index in [0.717, 1.165) is 40.7 Å². The maximum atomic E-state index is 10.8. The van der Waals surface area contributed by atoms with Crippen molar-refractivity contribution in [1.29, 1.82) is 0 Å². The van der Waals surface area contributed by atoms with Gasteiger partial charge >= 0.3 is 5.97 Å². The Morgan fingerprint density at radius 2 is 2.29 bits per heavy atom. The van der Waals surface area contributed by atoms with Crippen LogP contribution in [0.2, 0.25) is 0 Å². The highest BCUT2D eigenvalue weighted by Gasteiger charge is 2.13. The van der Waals surface area contributed by atoms with E-state index in [1.54, 1.807) is 18.9 Å². The summed E-state index contributed by atoms with van der Waals surface area (Å²) in [6.45, 7) is 0.826.